The average Bonchev–Trinajstić information content (AvgIpc) is 1.86. The average molecular weight is 140 g/mol. The van der Waals surface area contributed by atoms with Gasteiger partial charge in [0.2, 0.25) is 0 Å². The Bertz CT molecular complexity index is 104. The summed E-state index contributed by atoms with van der Waals surface area (Å²) in [6, 6.07) is 0. The van der Waals surface area contributed by atoms with E-state index in [1.807, 2.05) is 0 Å². The molecule has 2 atom stereocenters. The summed E-state index contributed by atoms with van der Waals surface area (Å²) in [5, 5.41) is 0. The summed E-state index contributed by atoms with van der Waals surface area (Å²) in [5.41, 5.74) is 0.722. The van der Waals surface area contributed by atoms with E-state index in [0.717, 1.165) is 17.3 Å². The highest BCUT2D eigenvalue weighted by Gasteiger charge is 2.44. The Morgan fingerprint density at radius 2 is 2.10 bits per heavy atom. The van der Waals surface area contributed by atoms with Gasteiger partial charge in [0, 0.05) is 0 Å². The van der Waals surface area contributed by atoms with Crippen LogP contribution in [0.3, 0.4) is 0 Å². The minimum absolute atomic E-state index is 0.722. The third-order valence-electron chi connectivity index (χ3n) is 3.83. The molecule has 2 unspecified atom stereocenters. The zero-order chi connectivity index (χ0) is 7.78. The van der Waals surface area contributed by atoms with Gasteiger partial charge in [0.25, 0.3) is 0 Å². The van der Waals surface area contributed by atoms with Crippen molar-refractivity contribution in [2.24, 2.45) is 17.3 Å². The van der Waals surface area contributed by atoms with Crippen LogP contribution >= 0.6 is 0 Å². The minimum Gasteiger partial charge on any atom is -0.0648 e. The van der Waals surface area contributed by atoms with E-state index >= 15 is 0 Å². The van der Waals surface area contributed by atoms with Crippen LogP contribution in [0, 0.1) is 17.3 Å². The van der Waals surface area contributed by atoms with Crippen LogP contribution in [0.5, 0.6) is 0 Å². The predicted molar refractivity (Wildman–Crippen MR) is 46.0 cm³/mol. The molecule has 0 heteroatoms. The van der Waals surface area contributed by atoms with Crippen molar-refractivity contribution in [2.45, 2.75) is 47.0 Å². The van der Waals surface area contributed by atoms with Gasteiger partial charge < -0.3 is 0 Å². The molecular formula is C10H20. The fraction of sp³-hybridized carbons (Fsp3) is 1.00. The minimum atomic E-state index is 0.722. The summed E-state index contributed by atoms with van der Waals surface area (Å²) >= 11 is 0. The van der Waals surface area contributed by atoms with Gasteiger partial charge in [0.1, 0.15) is 0 Å². The standard InChI is InChI=1S/C10H20/c1-5-10(8(2)3)7-6-9(10)4/h8-9H,5-7H2,1-4H3. The van der Waals surface area contributed by atoms with Gasteiger partial charge in [-0.05, 0) is 36.5 Å². The van der Waals surface area contributed by atoms with Crippen LogP contribution in [0.25, 0.3) is 0 Å². The molecule has 0 N–H and O–H groups in total. The monoisotopic (exact) mass is 140 g/mol. The van der Waals surface area contributed by atoms with Gasteiger partial charge in [-0.25, -0.2) is 0 Å². The molecule has 1 aliphatic rings. The summed E-state index contributed by atoms with van der Waals surface area (Å²) in [6.07, 6.45) is 4.32. The van der Waals surface area contributed by atoms with Crippen molar-refractivity contribution >= 4 is 0 Å². The zero-order valence-electron chi connectivity index (χ0n) is 7.78. The third kappa shape index (κ3) is 0.889. The van der Waals surface area contributed by atoms with E-state index in [0.29, 0.717) is 0 Å². The maximum atomic E-state index is 2.41. The smallest absolute Gasteiger partial charge is 0.0251 e. The molecule has 0 radical (unpaired) electrons. The number of hydrogen-bond donors (Lipinski definition) is 0. The molecule has 0 aromatic rings. The lowest BCUT2D eigenvalue weighted by molar-refractivity contribution is -0.0110. The Kier molecular flexibility index (Phi) is 2.07. The molecule has 0 saturated heterocycles. The first-order valence-corrected chi connectivity index (χ1v) is 4.63. The maximum absolute atomic E-state index is 2.41. The second kappa shape index (κ2) is 2.56. The topological polar surface area (TPSA) is 0 Å². The lowest BCUT2D eigenvalue weighted by Gasteiger charge is -2.51. The summed E-state index contributed by atoms with van der Waals surface area (Å²) in [6.45, 7) is 9.50. The first kappa shape index (κ1) is 8.10. The van der Waals surface area contributed by atoms with E-state index in [4.69, 9.17) is 0 Å². The Balaban J connectivity index is 2.60. The molecule has 1 rings (SSSR count). The van der Waals surface area contributed by atoms with Gasteiger partial charge in [-0.15, -0.1) is 0 Å². The van der Waals surface area contributed by atoms with Crippen molar-refractivity contribution in [1.82, 2.24) is 0 Å². The summed E-state index contributed by atoms with van der Waals surface area (Å²) in [4.78, 5) is 0. The first-order chi connectivity index (χ1) is 4.63. The van der Waals surface area contributed by atoms with Crippen molar-refractivity contribution in [3.63, 3.8) is 0 Å². The van der Waals surface area contributed by atoms with Gasteiger partial charge in [0.15, 0.2) is 0 Å². The predicted octanol–water partition coefficient (Wildman–Crippen LogP) is 3.47. The molecule has 0 aromatic heterocycles. The van der Waals surface area contributed by atoms with Crippen LogP contribution in [0.4, 0.5) is 0 Å². The summed E-state index contributed by atoms with van der Waals surface area (Å²) in [5.74, 6) is 1.87. The van der Waals surface area contributed by atoms with Gasteiger partial charge in [-0.2, -0.15) is 0 Å². The fourth-order valence-corrected chi connectivity index (χ4v) is 2.60. The lowest BCUT2D eigenvalue weighted by atomic mass is 9.54. The van der Waals surface area contributed by atoms with E-state index in [-0.39, 0.29) is 0 Å². The molecule has 0 aromatic carbocycles. The zero-order valence-corrected chi connectivity index (χ0v) is 7.78. The SMILES string of the molecule is CCC1(C(C)C)CCC1C. The van der Waals surface area contributed by atoms with Crippen LogP contribution in [-0.2, 0) is 0 Å². The van der Waals surface area contributed by atoms with Crippen LogP contribution in [0.15, 0.2) is 0 Å². The second-order valence-electron chi connectivity index (χ2n) is 4.18. The van der Waals surface area contributed by atoms with Crippen molar-refractivity contribution in [1.29, 1.82) is 0 Å². The second-order valence-corrected chi connectivity index (χ2v) is 4.18. The normalized spacial score (nSPS) is 39.9. The first-order valence-electron chi connectivity index (χ1n) is 4.63. The van der Waals surface area contributed by atoms with E-state index in [2.05, 4.69) is 27.7 Å². The molecule has 1 saturated carbocycles. The van der Waals surface area contributed by atoms with Crippen molar-refractivity contribution in [2.75, 3.05) is 0 Å². The van der Waals surface area contributed by atoms with Gasteiger partial charge >= 0.3 is 0 Å². The molecule has 1 aliphatic carbocycles. The van der Waals surface area contributed by atoms with Crippen molar-refractivity contribution < 1.29 is 0 Å². The maximum Gasteiger partial charge on any atom is -0.0251 e. The Morgan fingerprint density at radius 3 is 2.10 bits per heavy atom. The quantitative estimate of drug-likeness (QED) is 0.551. The Labute approximate surface area is 65.0 Å². The molecule has 60 valence electrons. The van der Waals surface area contributed by atoms with Gasteiger partial charge in [-0.1, -0.05) is 27.7 Å². The van der Waals surface area contributed by atoms with Crippen LogP contribution in [0.1, 0.15) is 47.0 Å². The van der Waals surface area contributed by atoms with E-state index < -0.39 is 0 Å². The van der Waals surface area contributed by atoms with Gasteiger partial charge in [-0.3, -0.25) is 0 Å². The third-order valence-corrected chi connectivity index (χ3v) is 3.83. The van der Waals surface area contributed by atoms with Crippen LogP contribution < -0.4 is 0 Å². The summed E-state index contributed by atoms with van der Waals surface area (Å²) < 4.78 is 0. The van der Waals surface area contributed by atoms with E-state index in [9.17, 15) is 0 Å². The number of rotatable bonds is 2. The Hall–Kier alpha value is 0. The fourth-order valence-electron chi connectivity index (χ4n) is 2.60. The van der Waals surface area contributed by atoms with E-state index in [1.165, 1.54) is 19.3 Å². The lowest BCUT2D eigenvalue weighted by Crippen LogP contribution is -2.42. The van der Waals surface area contributed by atoms with Crippen LogP contribution in [0.2, 0.25) is 0 Å². The highest BCUT2D eigenvalue weighted by Crippen LogP contribution is 2.53. The van der Waals surface area contributed by atoms with Crippen molar-refractivity contribution in [3.8, 4) is 0 Å². The molecule has 10 heavy (non-hydrogen) atoms. The highest BCUT2D eigenvalue weighted by atomic mass is 14.5. The van der Waals surface area contributed by atoms with Crippen LogP contribution in [-0.4, -0.2) is 0 Å². The Morgan fingerprint density at radius 1 is 1.50 bits per heavy atom. The summed E-state index contributed by atoms with van der Waals surface area (Å²) in [7, 11) is 0. The molecule has 0 spiro atoms. The molecule has 0 heterocycles. The van der Waals surface area contributed by atoms with Crippen molar-refractivity contribution in [3.05, 3.63) is 0 Å². The molecular weight excluding hydrogens is 120 g/mol. The molecule has 1 fully saturated rings. The number of hydrogen-bond acceptors (Lipinski definition) is 0. The largest absolute Gasteiger partial charge is 0.0648 e. The highest BCUT2D eigenvalue weighted by molar-refractivity contribution is 4.94. The van der Waals surface area contributed by atoms with E-state index in [1.54, 1.807) is 0 Å². The molecule has 0 aliphatic heterocycles. The molecule has 0 bridgehead atoms. The van der Waals surface area contributed by atoms with Gasteiger partial charge in [0.05, 0.1) is 0 Å². The molecule has 0 nitrogen and oxygen atoms in total. The molecule has 0 amide bonds.